The fourth-order valence-electron chi connectivity index (χ4n) is 2.10. The zero-order valence-electron chi connectivity index (χ0n) is 11.3. The normalized spacial score (nSPS) is 10.9. The van der Waals surface area contributed by atoms with Crippen LogP contribution in [0.5, 0.6) is 0 Å². The van der Waals surface area contributed by atoms with Gasteiger partial charge < -0.3 is 10.4 Å². The molecule has 0 aliphatic rings. The molecule has 2 N–H and O–H groups in total. The van der Waals surface area contributed by atoms with Gasteiger partial charge in [0, 0.05) is 26.0 Å². The van der Waals surface area contributed by atoms with Crippen LogP contribution in [0.3, 0.4) is 0 Å². The Bertz CT molecular complexity index is 778. The zero-order chi connectivity index (χ0) is 14.8. The van der Waals surface area contributed by atoms with E-state index in [2.05, 4.69) is 25.7 Å². The molecule has 0 aliphatic carbocycles. The second-order valence-corrected chi connectivity index (χ2v) is 4.45. The molecule has 0 unspecified atom stereocenters. The highest BCUT2D eigenvalue weighted by Gasteiger charge is 2.16. The monoisotopic (exact) mass is 287 g/mol. The third-order valence-corrected chi connectivity index (χ3v) is 3.11. The lowest BCUT2D eigenvalue weighted by Crippen LogP contribution is -2.14. The van der Waals surface area contributed by atoms with Gasteiger partial charge in [0.25, 0.3) is 0 Å². The maximum atomic E-state index is 11.3. The van der Waals surface area contributed by atoms with Crippen molar-refractivity contribution in [1.29, 1.82) is 0 Å². The molecule has 0 saturated heterocycles. The molecule has 3 heterocycles. The van der Waals surface area contributed by atoms with Crippen LogP contribution in [0, 0.1) is 0 Å². The number of carboxylic acid groups (broad SMARTS) is 1. The first-order chi connectivity index (χ1) is 10.2. The van der Waals surface area contributed by atoms with Gasteiger partial charge in [-0.3, -0.25) is 9.36 Å². The summed E-state index contributed by atoms with van der Waals surface area (Å²) >= 11 is 0. The molecular weight excluding hydrogens is 274 g/mol. The number of fused-ring (bicyclic) bond motifs is 1. The Morgan fingerprint density at radius 2 is 2.29 bits per heavy atom. The van der Waals surface area contributed by atoms with Crippen molar-refractivity contribution >= 4 is 22.7 Å². The van der Waals surface area contributed by atoms with Crippen molar-refractivity contribution in [2.75, 3.05) is 11.9 Å². The average molecular weight is 287 g/mol. The van der Waals surface area contributed by atoms with Crippen molar-refractivity contribution in [3.63, 3.8) is 0 Å². The lowest BCUT2D eigenvalue weighted by Gasteiger charge is -2.10. The molecule has 0 amide bonds. The summed E-state index contributed by atoms with van der Waals surface area (Å²) in [7, 11) is 1.76. The predicted octanol–water partition coefficient (Wildman–Crippen LogP) is 0.370. The van der Waals surface area contributed by atoms with E-state index in [4.69, 9.17) is 0 Å². The summed E-state index contributed by atoms with van der Waals surface area (Å²) in [6, 6.07) is 0. The van der Waals surface area contributed by atoms with E-state index in [1.807, 2.05) is 0 Å². The quantitative estimate of drug-likeness (QED) is 0.697. The Hall–Kier alpha value is -2.97. The number of pyridine rings is 1. The summed E-state index contributed by atoms with van der Waals surface area (Å²) in [5, 5.41) is 24.8. The molecule has 9 heteroatoms. The Labute approximate surface area is 119 Å². The lowest BCUT2D eigenvalue weighted by molar-refractivity contribution is 0.0697. The summed E-state index contributed by atoms with van der Waals surface area (Å²) in [6.45, 7) is 1.08. The summed E-state index contributed by atoms with van der Waals surface area (Å²) < 4.78 is 3.26. The van der Waals surface area contributed by atoms with Gasteiger partial charge >= 0.3 is 5.97 Å². The van der Waals surface area contributed by atoms with Gasteiger partial charge in [0.1, 0.15) is 5.56 Å². The Morgan fingerprint density at radius 1 is 1.43 bits per heavy atom. The molecule has 0 aliphatic heterocycles. The van der Waals surface area contributed by atoms with Crippen molar-refractivity contribution < 1.29 is 9.90 Å². The lowest BCUT2D eigenvalue weighted by atomic mass is 10.2. The highest BCUT2D eigenvalue weighted by molar-refractivity contribution is 6.03. The number of anilines is 1. The first-order valence-corrected chi connectivity index (χ1v) is 6.29. The Morgan fingerprint density at radius 3 is 3.00 bits per heavy atom. The van der Waals surface area contributed by atoms with E-state index in [0.29, 0.717) is 29.8 Å². The van der Waals surface area contributed by atoms with Crippen molar-refractivity contribution in [3.05, 3.63) is 30.4 Å². The molecule has 108 valence electrons. The van der Waals surface area contributed by atoms with Crippen molar-refractivity contribution in [3.8, 4) is 0 Å². The highest BCUT2D eigenvalue weighted by Crippen LogP contribution is 2.25. The smallest absolute Gasteiger partial charge is 0.339 e. The summed E-state index contributed by atoms with van der Waals surface area (Å²) in [5.41, 5.74) is 1.26. The number of aromatic carboxylic acids is 1. The van der Waals surface area contributed by atoms with Crippen molar-refractivity contribution in [1.82, 2.24) is 29.8 Å². The number of hydrogen-bond donors (Lipinski definition) is 2. The number of carbonyl (C=O) groups is 1. The van der Waals surface area contributed by atoms with E-state index in [0.717, 1.165) is 0 Å². The minimum atomic E-state index is -1.03. The minimum Gasteiger partial charge on any atom is -0.478 e. The summed E-state index contributed by atoms with van der Waals surface area (Å²) in [4.78, 5) is 15.5. The second kappa shape index (κ2) is 5.19. The molecule has 0 aromatic carbocycles. The minimum absolute atomic E-state index is 0.120. The molecule has 9 nitrogen and oxygen atoms in total. The molecule has 3 aromatic rings. The molecular formula is C12H13N7O2. The number of hydrogen-bond acceptors (Lipinski definition) is 6. The number of carboxylic acids is 1. The van der Waals surface area contributed by atoms with Gasteiger partial charge in [-0.25, -0.2) is 9.78 Å². The highest BCUT2D eigenvalue weighted by atomic mass is 16.4. The van der Waals surface area contributed by atoms with Crippen LogP contribution >= 0.6 is 0 Å². The van der Waals surface area contributed by atoms with E-state index in [1.54, 1.807) is 35.0 Å². The third kappa shape index (κ3) is 2.40. The molecule has 0 radical (unpaired) electrons. The van der Waals surface area contributed by atoms with Crippen LogP contribution in [0.1, 0.15) is 10.4 Å². The molecule has 21 heavy (non-hydrogen) atoms. The third-order valence-electron chi connectivity index (χ3n) is 3.11. The topological polar surface area (TPSA) is 111 Å². The Kier molecular flexibility index (Phi) is 3.22. The van der Waals surface area contributed by atoms with Crippen LogP contribution in [0.25, 0.3) is 11.0 Å². The van der Waals surface area contributed by atoms with Gasteiger partial charge in [-0.1, -0.05) is 5.21 Å². The number of aryl methyl sites for hydroxylation is 1. The van der Waals surface area contributed by atoms with Gasteiger partial charge in [0.2, 0.25) is 0 Å². The summed E-state index contributed by atoms with van der Waals surface area (Å²) in [5.74, 6) is -1.03. The fraction of sp³-hybridized carbons (Fsp3) is 0.250. The molecule has 0 bridgehead atoms. The predicted molar refractivity (Wildman–Crippen MR) is 74.0 cm³/mol. The van der Waals surface area contributed by atoms with Crippen LogP contribution in [-0.2, 0) is 13.6 Å². The maximum Gasteiger partial charge on any atom is 0.339 e. The van der Waals surface area contributed by atoms with E-state index in [1.165, 1.54) is 6.20 Å². The van der Waals surface area contributed by atoms with Crippen LogP contribution in [0.2, 0.25) is 0 Å². The second-order valence-electron chi connectivity index (χ2n) is 4.45. The maximum absolute atomic E-state index is 11.3. The van der Waals surface area contributed by atoms with E-state index in [9.17, 15) is 9.90 Å². The molecule has 0 atom stereocenters. The van der Waals surface area contributed by atoms with Gasteiger partial charge in [-0.05, 0) is 0 Å². The fourth-order valence-corrected chi connectivity index (χ4v) is 2.10. The zero-order valence-corrected chi connectivity index (χ0v) is 11.3. The SMILES string of the molecule is Cn1ncc2c(NCCn3ccnn3)c(C(=O)O)cnc21. The van der Waals surface area contributed by atoms with Gasteiger partial charge in [-0.15, -0.1) is 5.10 Å². The van der Waals surface area contributed by atoms with Gasteiger partial charge in [-0.2, -0.15) is 5.10 Å². The van der Waals surface area contributed by atoms with E-state index in [-0.39, 0.29) is 5.56 Å². The first-order valence-electron chi connectivity index (χ1n) is 6.29. The largest absolute Gasteiger partial charge is 0.478 e. The standard InChI is InChI=1S/C12H13N7O2/c1-18-11-8(7-16-18)10(9(6-14-11)12(20)21)13-2-4-19-5-3-15-17-19/h3,5-7H,2,4H2,1H3,(H,13,14)(H,20,21). The van der Waals surface area contributed by atoms with Crippen LogP contribution in [-0.4, -0.2) is 47.4 Å². The molecule has 0 fully saturated rings. The van der Waals surface area contributed by atoms with E-state index < -0.39 is 5.97 Å². The molecule has 0 saturated carbocycles. The average Bonchev–Trinajstić information content (AvgIpc) is 3.09. The number of rotatable bonds is 5. The molecule has 0 spiro atoms. The van der Waals surface area contributed by atoms with Crippen LogP contribution in [0.4, 0.5) is 5.69 Å². The van der Waals surface area contributed by atoms with Gasteiger partial charge in [0.15, 0.2) is 5.65 Å². The molecule has 3 aromatic heterocycles. The van der Waals surface area contributed by atoms with Crippen molar-refractivity contribution in [2.24, 2.45) is 7.05 Å². The van der Waals surface area contributed by atoms with Crippen molar-refractivity contribution in [2.45, 2.75) is 6.54 Å². The number of nitrogens with one attached hydrogen (secondary N) is 1. The molecule has 3 rings (SSSR count). The Balaban J connectivity index is 1.90. The number of nitrogens with zero attached hydrogens (tertiary/aromatic N) is 6. The first kappa shape index (κ1) is 13.0. The van der Waals surface area contributed by atoms with E-state index >= 15 is 0 Å². The van der Waals surface area contributed by atoms with Gasteiger partial charge in [0.05, 0.1) is 30.0 Å². The van der Waals surface area contributed by atoms with Crippen LogP contribution < -0.4 is 5.32 Å². The van der Waals surface area contributed by atoms with Crippen LogP contribution in [0.15, 0.2) is 24.8 Å². The number of aromatic nitrogens is 6. The summed E-state index contributed by atoms with van der Waals surface area (Å²) in [6.07, 6.45) is 6.27.